The Morgan fingerprint density at radius 1 is 1.27 bits per heavy atom. The molecule has 120 valence electrons. The van der Waals surface area contributed by atoms with Crippen LogP contribution in [0, 0.1) is 18.8 Å². The molecular weight excluding hydrogens is 272 g/mol. The Bertz CT molecular complexity index is 528. The average Bonchev–Trinajstić information content (AvgIpc) is 2.47. The van der Waals surface area contributed by atoms with Gasteiger partial charge in [-0.05, 0) is 56.9 Å². The van der Waals surface area contributed by atoms with Gasteiger partial charge in [0.25, 0.3) is 0 Å². The SMILES string of the molecule is Cc1cccc(C(C)C(=O)NC2C3CCCC2CC(N)C3)c1. The van der Waals surface area contributed by atoms with E-state index in [0.29, 0.717) is 23.9 Å². The molecule has 0 aromatic heterocycles. The van der Waals surface area contributed by atoms with Crippen molar-refractivity contribution in [3.63, 3.8) is 0 Å². The Kier molecular flexibility index (Phi) is 4.53. The molecule has 0 radical (unpaired) electrons. The molecule has 2 fully saturated rings. The van der Waals surface area contributed by atoms with Gasteiger partial charge in [-0.15, -0.1) is 0 Å². The quantitative estimate of drug-likeness (QED) is 0.901. The van der Waals surface area contributed by atoms with Crippen LogP contribution in [0.5, 0.6) is 0 Å². The maximum absolute atomic E-state index is 12.7. The number of benzene rings is 1. The molecule has 1 amide bonds. The zero-order valence-electron chi connectivity index (χ0n) is 13.7. The summed E-state index contributed by atoms with van der Waals surface area (Å²) in [5, 5.41) is 3.36. The molecule has 0 heterocycles. The number of fused-ring (bicyclic) bond motifs is 2. The number of amides is 1. The van der Waals surface area contributed by atoms with Gasteiger partial charge in [0.1, 0.15) is 0 Å². The number of nitrogens with two attached hydrogens (primary N) is 1. The Balaban J connectivity index is 1.68. The molecule has 3 heteroatoms. The van der Waals surface area contributed by atoms with E-state index in [1.54, 1.807) is 0 Å². The van der Waals surface area contributed by atoms with Crippen LogP contribution in [0.4, 0.5) is 0 Å². The lowest BCUT2D eigenvalue weighted by Crippen LogP contribution is -2.54. The van der Waals surface area contributed by atoms with Gasteiger partial charge >= 0.3 is 0 Å². The predicted octanol–water partition coefficient (Wildman–Crippen LogP) is 3.12. The van der Waals surface area contributed by atoms with Gasteiger partial charge in [0, 0.05) is 12.1 Å². The zero-order valence-corrected chi connectivity index (χ0v) is 13.7. The summed E-state index contributed by atoms with van der Waals surface area (Å²) >= 11 is 0. The van der Waals surface area contributed by atoms with Crippen molar-refractivity contribution >= 4 is 5.91 Å². The molecule has 1 aromatic rings. The second kappa shape index (κ2) is 6.41. The third kappa shape index (κ3) is 3.19. The summed E-state index contributed by atoms with van der Waals surface area (Å²) in [6, 6.07) is 8.94. The molecule has 1 aromatic carbocycles. The summed E-state index contributed by atoms with van der Waals surface area (Å²) in [7, 11) is 0. The summed E-state index contributed by atoms with van der Waals surface area (Å²) in [5.74, 6) is 1.24. The molecule has 2 bridgehead atoms. The topological polar surface area (TPSA) is 55.1 Å². The smallest absolute Gasteiger partial charge is 0.227 e. The van der Waals surface area contributed by atoms with Crippen molar-refractivity contribution in [3.8, 4) is 0 Å². The van der Waals surface area contributed by atoms with Gasteiger partial charge in [-0.2, -0.15) is 0 Å². The van der Waals surface area contributed by atoms with Crippen molar-refractivity contribution in [1.82, 2.24) is 5.32 Å². The molecule has 3 nitrogen and oxygen atoms in total. The highest BCUT2D eigenvalue weighted by molar-refractivity contribution is 5.83. The lowest BCUT2D eigenvalue weighted by atomic mass is 9.67. The number of aryl methyl sites for hydroxylation is 1. The third-order valence-corrected chi connectivity index (χ3v) is 5.62. The summed E-state index contributed by atoms with van der Waals surface area (Å²) in [6.07, 6.45) is 5.87. The third-order valence-electron chi connectivity index (χ3n) is 5.62. The summed E-state index contributed by atoms with van der Waals surface area (Å²) in [4.78, 5) is 12.7. The number of carbonyl (C=O) groups excluding carboxylic acids is 1. The van der Waals surface area contributed by atoms with Crippen LogP contribution < -0.4 is 11.1 Å². The van der Waals surface area contributed by atoms with Gasteiger partial charge in [0.2, 0.25) is 5.91 Å². The van der Waals surface area contributed by atoms with E-state index in [1.165, 1.54) is 24.8 Å². The number of rotatable bonds is 3. The number of carbonyl (C=O) groups is 1. The Hall–Kier alpha value is -1.35. The van der Waals surface area contributed by atoms with Crippen molar-refractivity contribution in [3.05, 3.63) is 35.4 Å². The largest absolute Gasteiger partial charge is 0.352 e. The number of hydrogen-bond acceptors (Lipinski definition) is 2. The number of nitrogens with one attached hydrogen (secondary N) is 1. The lowest BCUT2D eigenvalue weighted by Gasteiger charge is -2.45. The normalized spacial score (nSPS) is 32.3. The lowest BCUT2D eigenvalue weighted by molar-refractivity contribution is -0.124. The van der Waals surface area contributed by atoms with Crippen LogP contribution >= 0.6 is 0 Å². The minimum Gasteiger partial charge on any atom is -0.352 e. The molecule has 3 unspecified atom stereocenters. The summed E-state index contributed by atoms with van der Waals surface area (Å²) in [6.45, 7) is 4.08. The summed E-state index contributed by atoms with van der Waals surface area (Å²) < 4.78 is 0. The highest BCUT2D eigenvalue weighted by atomic mass is 16.1. The Morgan fingerprint density at radius 2 is 1.95 bits per heavy atom. The first-order valence-electron chi connectivity index (χ1n) is 8.67. The van der Waals surface area contributed by atoms with Gasteiger partial charge < -0.3 is 11.1 Å². The first-order chi connectivity index (χ1) is 10.5. The molecular formula is C19H28N2O. The maximum atomic E-state index is 12.7. The van der Waals surface area contributed by atoms with E-state index >= 15 is 0 Å². The van der Waals surface area contributed by atoms with Crippen LogP contribution in [0.1, 0.15) is 56.1 Å². The van der Waals surface area contributed by atoms with Gasteiger partial charge in [-0.1, -0.05) is 36.2 Å². The van der Waals surface area contributed by atoms with Crippen LogP contribution in [0.15, 0.2) is 24.3 Å². The van der Waals surface area contributed by atoms with E-state index in [1.807, 2.05) is 13.0 Å². The van der Waals surface area contributed by atoms with Crippen molar-refractivity contribution in [2.75, 3.05) is 0 Å². The minimum absolute atomic E-state index is 0.0868. The monoisotopic (exact) mass is 300 g/mol. The van der Waals surface area contributed by atoms with Crippen molar-refractivity contribution in [2.24, 2.45) is 17.6 Å². The van der Waals surface area contributed by atoms with Crippen LogP contribution in [-0.2, 0) is 4.79 Å². The molecule has 0 aliphatic heterocycles. The molecule has 2 saturated carbocycles. The molecule has 3 atom stereocenters. The van der Waals surface area contributed by atoms with Gasteiger partial charge in [0.05, 0.1) is 5.92 Å². The minimum atomic E-state index is -0.0868. The van der Waals surface area contributed by atoms with E-state index in [9.17, 15) is 4.79 Å². The fraction of sp³-hybridized carbons (Fsp3) is 0.632. The van der Waals surface area contributed by atoms with Crippen molar-refractivity contribution < 1.29 is 4.79 Å². The van der Waals surface area contributed by atoms with Crippen LogP contribution in [0.2, 0.25) is 0 Å². The Morgan fingerprint density at radius 3 is 2.59 bits per heavy atom. The predicted molar refractivity (Wildman–Crippen MR) is 89.6 cm³/mol. The van der Waals surface area contributed by atoms with E-state index < -0.39 is 0 Å². The molecule has 0 saturated heterocycles. The van der Waals surface area contributed by atoms with E-state index in [-0.39, 0.29) is 11.8 Å². The van der Waals surface area contributed by atoms with Gasteiger partial charge in [0.15, 0.2) is 0 Å². The highest BCUT2D eigenvalue weighted by Gasteiger charge is 2.40. The Labute approximate surface area is 133 Å². The second-order valence-corrected chi connectivity index (χ2v) is 7.35. The molecule has 22 heavy (non-hydrogen) atoms. The van der Waals surface area contributed by atoms with Crippen LogP contribution in [0.3, 0.4) is 0 Å². The maximum Gasteiger partial charge on any atom is 0.227 e. The molecule has 2 aliphatic rings. The van der Waals surface area contributed by atoms with E-state index in [0.717, 1.165) is 18.4 Å². The second-order valence-electron chi connectivity index (χ2n) is 7.35. The van der Waals surface area contributed by atoms with Gasteiger partial charge in [-0.25, -0.2) is 0 Å². The standard InChI is InChI=1S/C19H28N2O/c1-12-5-3-6-14(9-12)13(2)19(22)21-18-15-7-4-8-16(18)11-17(20)10-15/h3,5-6,9,13,15-18H,4,7-8,10-11,20H2,1-2H3,(H,21,22). The number of hydrogen-bond donors (Lipinski definition) is 2. The first kappa shape index (κ1) is 15.5. The average molecular weight is 300 g/mol. The van der Waals surface area contributed by atoms with Crippen molar-refractivity contribution in [2.45, 2.75) is 64.0 Å². The fourth-order valence-corrected chi connectivity index (χ4v) is 4.40. The van der Waals surface area contributed by atoms with Crippen molar-refractivity contribution in [1.29, 1.82) is 0 Å². The van der Waals surface area contributed by atoms with Gasteiger partial charge in [-0.3, -0.25) is 4.79 Å². The molecule has 2 aliphatic carbocycles. The zero-order chi connectivity index (χ0) is 15.7. The first-order valence-corrected chi connectivity index (χ1v) is 8.67. The molecule has 3 rings (SSSR count). The van der Waals surface area contributed by atoms with E-state index in [2.05, 4.69) is 30.4 Å². The molecule has 3 N–H and O–H groups in total. The fourth-order valence-electron chi connectivity index (χ4n) is 4.40. The summed E-state index contributed by atoms with van der Waals surface area (Å²) in [5.41, 5.74) is 8.49. The van der Waals surface area contributed by atoms with Crippen LogP contribution in [-0.4, -0.2) is 18.0 Å². The highest BCUT2D eigenvalue weighted by Crippen LogP contribution is 2.39. The van der Waals surface area contributed by atoms with Crippen LogP contribution in [0.25, 0.3) is 0 Å². The molecule has 0 spiro atoms. The van der Waals surface area contributed by atoms with E-state index in [4.69, 9.17) is 5.73 Å².